The molecule has 0 radical (unpaired) electrons. The van der Waals surface area contributed by atoms with E-state index < -0.39 is 6.10 Å². The molecule has 1 aromatic carbocycles. The number of halogens is 1. The van der Waals surface area contributed by atoms with Gasteiger partial charge in [0, 0.05) is 12.1 Å². The molecular formula is C12H17ClO3. The first-order chi connectivity index (χ1) is 7.67. The summed E-state index contributed by atoms with van der Waals surface area (Å²) in [4.78, 5) is 0. The summed E-state index contributed by atoms with van der Waals surface area (Å²) in [6, 6.07) is 5.48. The molecule has 1 N–H and O–H groups in total. The number of hydrogen-bond acceptors (Lipinski definition) is 3. The lowest BCUT2D eigenvalue weighted by Gasteiger charge is -2.12. The highest BCUT2D eigenvalue weighted by atomic mass is 35.5. The van der Waals surface area contributed by atoms with E-state index in [1.807, 2.05) is 12.1 Å². The molecule has 1 aromatic rings. The van der Waals surface area contributed by atoms with Crippen LogP contribution in [0, 0.1) is 0 Å². The van der Waals surface area contributed by atoms with Gasteiger partial charge in [-0.2, -0.15) is 0 Å². The monoisotopic (exact) mass is 244 g/mol. The number of benzene rings is 1. The first-order valence-electron chi connectivity index (χ1n) is 5.16. The van der Waals surface area contributed by atoms with Crippen molar-refractivity contribution in [3.05, 3.63) is 28.8 Å². The van der Waals surface area contributed by atoms with Crippen LogP contribution in [0.3, 0.4) is 0 Å². The molecule has 0 aliphatic carbocycles. The van der Waals surface area contributed by atoms with Gasteiger partial charge in [-0.25, -0.2) is 0 Å². The highest BCUT2D eigenvalue weighted by Crippen LogP contribution is 2.24. The van der Waals surface area contributed by atoms with Crippen molar-refractivity contribution in [2.24, 2.45) is 0 Å². The lowest BCUT2D eigenvalue weighted by molar-refractivity contribution is 0.0594. The lowest BCUT2D eigenvalue weighted by Crippen LogP contribution is -2.14. The molecule has 3 nitrogen and oxygen atoms in total. The van der Waals surface area contributed by atoms with Gasteiger partial charge < -0.3 is 14.6 Å². The Morgan fingerprint density at radius 3 is 2.75 bits per heavy atom. The van der Waals surface area contributed by atoms with Gasteiger partial charge in [-0.15, -0.1) is 0 Å². The molecule has 0 bridgehead atoms. The molecule has 0 spiro atoms. The standard InChI is InChI=1S/C12H17ClO3/c1-15-8-11(14)5-3-9-7-10(13)4-6-12(9)16-2/h4,6-7,11,14H,3,5,8H2,1-2H3. The predicted octanol–water partition coefficient (Wildman–Crippen LogP) is 2.29. The van der Waals surface area contributed by atoms with Gasteiger partial charge in [-0.1, -0.05) is 11.6 Å². The Morgan fingerprint density at radius 2 is 2.12 bits per heavy atom. The van der Waals surface area contributed by atoms with Crippen LogP contribution in [-0.4, -0.2) is 32.0 Å². The summed E-state index contributed by atoms with van der Waals surface area (Å²) >= 11 is 5.91. The van der Waals surface area contributed by atoms with E-state index in [1.165, 1.54) is 0 Å². The largest absolute Gasteiger partial charge is 0.496 e. The maximum Gasteiger partial charge on any atom is 0.122 e. The molecular weight excluding hydrogens is 228 g/mol. The summed E-state index contributed by atoms with van der Waals surface area (Å²) in [5.41, 5.74) is 1.00. The maximum atomic E-state index is 9.54. The highest BCUT2D eigenvalue weighted by molar-refractivity contribution is 6.30. The molecule has 0 aliphatic rings. The van der Waals surface area contributed by atoms with Crippen molar-refractivity contribution >= 4 is 11.6 Å². The molecule has 0 aliphatic heterocycles. The van der Waals surface area contributed by atoms with E-state index in [4.69, 9.17) is 21.1 Å². The van der Waals surface area contributed by atoms with Crippen LogP contribution >= 0.6 is 11.6 Å². The van der Waals surface area contributed by atoms with Crippen LogP contribution in [0.4, 0.5) is 0 Å². The second kappa shape index (κ2) is 6.74. The minimum absolute atomic E-state index is 0.350. The number of methoxy groups -OCH3 is 2. The Kier molecular flexibility index (Phi) is 5.60. The number of rotatable bonds is 6. The predicted molar refractivity (Wildman–Crippen MR) is 64.2 cm³/mol. The third kappa shape index (κ3) is 4.00. The normalized spacial score (nSPS) is 12.5. The van der Waals surface area contributed by atoms with Crippen molar-refractivity contribution < 1.29 is 14.6 Å². The van der Waals surface area contributed by atoms with Gasteiger partial charge in [0.2, 0.25) is 0 Å². The van der Waals surface area contributed by atoms with Crippen LogP contribution < -0.4 is 4.74 Å². The Labute approximate surface area is 101 Å². The number of aliphatic hydroxyl groups is 1. The molecule has 1 atom stereocenters. The molecule has 16 heavy (non-hydrogen) atoms. The van der Waals surface area contributed by atoms with E-state index in [9.17, 15) is 5.11 Å². The Hall–Kier alpha value is -0.770. The van der Waals surface area contributed by atoms with Crippen LogP contribution in [0.25, 0.3) is 0 Å². The van der Waals surface area contributed by atoms with Gasteiger partial charge in [-0.3, -0.25) is 0 Å². The quantitative estimate of drug-likeness (QED) is 0.835. The van der Waals surface area contributed by atoms with Crippen LogP contribution in [0.2, 0.25) is 5.02 Å². The molecule has 1 unspecified atom stereocenters. The molecule has 0 saturated carbocycles. The summed E-state index contributed by atoms with van der Waals surface area (Å²) in [6.45, 7) is 0.350. The zero-order valence-electron chi connectivity index (χ0n) is 9.57. The Bertz CT molecular complexity index is 328. The highest BCUT2D eigenvalue weighted by Gasteiger charge is 2.08. The van der Waals surface area contributed by atoms with Crippen molar-refractivity contribution in [2.75, 3.05) is 20.8 Å². The van der Waals surface area contributed by atoms with Crippen LogP contribution in [0.15, 0.2) is 18.2 Å². The summed E-state index contributed by atoms with van der Waals surface area (Å²) in [5.74, 6) is 0.800. The number of hydrogen-bond donors (Lipinski definition) is 1. The third-order valence-corrected chi connectivity index (χ3v) is 2.58. The van der Waals surface area contributed by atoms with Crippen molar-refractivity contribution in [3.8, 4) is 5.75 Å². The van der Waals surface area contributed by atoms with E-state index >= 15 is 0 Å². The Morgan fingerprint density at radius 1 is 1.38 bits per heavy atom. The van der Waals surface area contributed by atoms with E-state index in [1.54, 1.807) is 20.3 Å². The average molecular weight is 245 g/mol. The fourth-order valence-electron chi connectivity index (χ4n) is 1.54. The average Bonchev–Trinajstić information content (AvgIpc) is 2.27. The van der Waals surface area contributed by atoms with Crippen molar-refractivity contribution in [1.82, 2.24) is 0 Å². The first kappa shape index (κ1) is 13.3. The zero-order chi connectivity index (χ0) is 12.0. The zero-order valence-corrected chi connectivity index (χ0v) is 10.3. The third-order valence-electron chi connectivity index (χ3n) is 2.35. The SMILES string of the molecule is COCC(O)CCc1cc(Cl)ccc1OC. The summed E-state index contributed by atoms with van der Waals surface area (Å²) in [7, 11) is 3.20. The van der Waals surface area contributed by atoms with Crippen LogP contribution in [0.5, 0.6) is 5.75 Å². The fourth-order valence-corrected chi connectivity index (χ4v) is 1.74. The van der Waals surface area contributed by atoms with Gasteiger partial charge >= 0.3 is 0 Å². The second-order valence-electron chi connectivity index (χ2n) is 3.60. The van der Waals surface area contributed by atoms with E-state index in [0.717, 1.165) is 11.3 Å². The molecule has 0 heterocycles. The minimum atomic E-state index is -0.450. The Balaban J connectivity index is 2.61. The molecule has 1 rings (SSSR count). The van der Waals surface area contributed by atoms with Crippen LogP contribution in [0.1, 0.15) is 12.0 Å². The van der Waals surface area contributed by atoms with Gasteiger partial charge in [0.1, 0.15) is 5.75 Å². The molecule has 0 amide bonds. The van der Waals surface area contributed by atoms with E-state index in [2.05, 4.69) is 0 Å². The molecule has 0 aromatic heterocycles. The smallest absolute Gasteiger partial charge is 0.122 e. The minimum Gasteiger partial charge on any atom is -0.496 e. The summed E-state index contributed by atoms with van der Waals surface area (Å²) in [5, 5.41) is 10.2. The van der Waals surface area contributed by atoms with Crippen molar-refractivity contribution in [3.63, 3.8) is 0 Å². The summed E-state index contributed by atoms with van der Waals surface area (Å²) < 4.78 is 10.1. The van der Waals surface area contributed by atoms with Gasteiger partial charge in [0.25, 0.3) is 0 Å². The van der Waals surface area contributed by atoms with Gasteiger partial charge in [-0.05, 0) is 36.6 Å². The van der Waals surface area contributed by atoms with Crippen LogP contribution in [-0.2, 0) is 11.2 Å². The molecule has 0 fully saturated rings. The molecule has 0 saturated heterocycles. The number of aliphatic hydroxyl groups excluding tert-OH is 1. The second-order valence-corrected chi connectivity index (χ2v) is 4.04. The first-order valence-corrected chi connectivity index (χ1v) is 5.54. The topological polar surface area (TPSA) is 38.7 Å². The van der Waals surface area contributed by atoms with Gasteiger partial charge in [0.15, 0.2) is 0 Å². The molecule has 4 heteroatoms. The van der Waals surface area contributed by atoms with E-state index in [0.29, 0.717) is 24.5 Å². The fraction of sp³-hybridized carbons (Fsp3) is 0.500. The number of aryl methyl sites for hydroxylation is 1. The van der Waals surface area contributed by atoms with E-state index in [-0.39, 0.29) is 0 Å². The lowest BCUT2D eigenvalue weighted by atomic mass is 10.1. The summed E-state index contributed by atoms with van der Waals surface area (Å²) in [6.07, 6.45) is 0.896. The maximum absolute atomic E-state index is 9.54. The molecule has 90 valence electrons. The van der Waals surface area contributed by atoms with Gasteiger partial charge in [0.05, 0.1) is 19.8 Å². The number of ether oxygens (including phenoxy) is 2. The van der Waals surface area contributed by atoms with Crippen molar-refractivity contribution in [1.29, 1.82) is 0 Å². The van der Waals surface area contributed by atoms with Crippen molar-refractivity contribution in [2.45, 2.75) is 18.9 Å².